The van der Waals surface area contributed by atoms with Crippen molar-refractivity contribution in [3.05, 3.63) is 146 Å². The summed E-state index contributed by atoms with van der Waals surface area (Å²) in [6.45, 7) is 1.59. The maximum atomic E-state index is 13.5. The Labute approximate surface area is 644 Å². The molecule has 12 N–H and O–H groups in total. The van der Waals surface area contributed by atoms with E-state index in [1.807, 2.05) is 6.08 Å². The Morgan fingerprint density at radius 1 is 0.346 bits per heavy atom. The van der Waals surface area contributed by atoms with E-state index in [1.165, 1.54) is 109 Å². The van der Waals surface area contributed by atoms with Gasteiger partial charge in [0.05, 0.1) is 38.6 Å². The van der Waals surface area contributed by atoms with Crippen LogP contribution in [0, 0.1) is 0 Å². The van der Waals surface area contributed by atoms with Crippen LogP contribution in [0.5, 0.6) is 0 Å². The largest absolute Gasteiger partial charge is 0.394 e. The van der Waals surface area contributed by atoms with Gasteiger partial charge < -0.3 is 89.9 Å². The van der Waals surface area contributed by atoms with Crippen molar-refractivity contribution in [2.45, 2.75) is 375 Å². The molecule has 0 spiro atoms. The summed E-state index contributed by atoms with van der Waals surface area (Å²) in [7, 11) is 0. The third-order valence-electron chi connectivity index (χ3n) is 19.6. The Balaban J connectivity index is 1.39. The fourth-order valence-corrected chi connectivity index (χ4v) is 13.0. The third-order valence-corrected chi connectivity index (χ3v) is 19.6. The zero-order valence-electron chi connectivity index (χ0n) is 65.6. The Morgan fingerprint density at radius 2 is 0.654 bits per heavy atom. The number of unbranched alkanes of at least 4 members (excludes halogenated alkanes) is 26. The Kier molecular flexibility index (Phi) is 60.0. The van der Waals surface area contributed by atoms with E-state index < -0.39 is 124 Å². The second-order valence-electron chi connectivity index (χ2n) is 28.8. The summed E-state index contributed by atoms with van der Waals surface area (Å²) in [5.74, 6) is -0.305. The molecule has 17 atom stereocenters. The van der Waals surface area contributed by atoms with E-state index in [2.05, 4.69) is 153 Å². The number of carbonyl (C=O) groups is 1. The Hall–Kier alpha value is -4.33. The zero-order valence-corrected chi connectivity index (χ0v) is 65.6. The van der Waals surface area contributed by atoms with Gasteiger partial charge in [-0.2, -0.15) is 0 Å². The van der Waals surface area contributed by atoms with Crippen LogP contribution in [0.1, 0.15) is 271 Å². The summed E-state index contributed by atoms with van der Waals surface area (Å²) in [4.78, 5) is 13.5. The molecule has 0 radical (unpaired) electrons. The maximum Gasteiger partial charge on any atom is 0.220 e. The highest BCUT2D eigenvalue weighted by Gasteiger charge is 2.54. The van der Waals surface area contributed by atoms with Crippen LogP contribution in [0.4, 0.5) is 0 Å². The topological polar surface area (TPSA) is 307 Å². The Bertz CT molecular complexity index is 2500. The minimum absolute atomic E-state index is 0.209. The predicted octanol–water partition coefficient (Wildman–Crippen LogP) is 14.6. The van der Waals surface area contributed by atoms with Crippen LogP contribution >= 0.6 is 0 Å². The first-order valence-corrected chi connectivity index (χ1v) is 41.6. The molecular formula is C88H147NO18. The van der Waals surface area contributed by atoms with Crippen molar-refractivity contribution < 1.29 is 89.4 Å². The van der Waals surface area contributed by atoms with Crippen molar-refractivity contribution in [3.63, 3.8) is 0 Å². The number of ether oxygens (including phenoxy) is 6. The number of rotatable bonds is 64. The van der Waals surface area contributed by atoms with Crippen molar-refractivity contribution in [1.82, 2.24) is 5.32 Å². The van der Waals surface area contributed by atoms with Crippen molar-refractivity contribution in [3.8, 4) is 0 Å². The number of allylic oxidation sites excluding steroid dienone is 23. The smallest absolute Gasteiger partial charge is 0.220 e. The van der Waals surface area contributed by atoms with Gasteiger partial charge in [-0.15, -0.1) is 0 Å². The Morgan fingerprint density at radius 3 is 1.05 bits per heavy atom. The van der Waals surface area contributed by atoms with E-state index in [0.29, 0.717) is 12.8 Å². The van der Waals surface area contributed by atoms with E-state index in [0.717, 1.165) is 128 Å². The van der Waals surface area contributed by atoms with E-state index >= 15 is 0 Å². The summed E-state index contributed by atoms with van der Waals surface area (Å²) in [5, 5.41) is 121. The van der Waals surface area contributed by atoms with Gasteiger partial charge in [-0.05, 0) is 116 Å². The van der Waals surface area contributed by atoms with Gasteiger partial charge in [-0.1, -0.05) is 295 Å². The van der Waals surface area contributed by atoms with Gasteiger partial charge in [0.15, 0.2) is 18.9 Å². The molecule has 0 saturated carbocycles. The van der Waals surface area contributed by atoms with Crippen LogP contribution in [-0.4, -0.2) is 193 Å². The van der Waals surface area contributed by atoms with Gasteiger partial charge in [0.1, 0.15) is 73.2 Å². The summed E-state index contributed by atoms with van der Waals surface area (Å²) in [5.41, 5.74) is 0. The van der Waals surface area contributed by atoms with Gasteiger partial charge in [0.25, 0.3) is 0 Å². The quantitative estimate of drug-likeness (QED) is 0.0199. The summed E-state index contributed by atoms with van der Waals surface area (Å²) in [6, 6.07) is -1.02. The second kappa shape index (κ2) is 66.3. The highest BCUT2D eigenvalue weighted by atomic mass is 16.8. The van der Waals surface area contributed by atoms with Gasteiger partial charge in [-0.3, -0.25) is 4.79 Å². The molecule has 3 aliphatic rings. The minimum atomic E-state index is -1.99. The fourth-order valence-electron chi connectivity index (χ4n) is 13.0. The maximum absolute atomic E-state index is 13.5. The van der Waals surface area contributed by atoms with Gasteiger partial charge in [0.2, 0.25) is 5.91 Å². The first-order chi connectivity index (χ1) is 52.3. The first-order valence-electron chi connectivity index (χ1n) is 41.6. The van der Waals surface area contributed by atoms with Crippen LogP contribution in [0.15, 0.2) is 146 Å². The molecule has 612 valence electrons. The molecule has 0 aromatic carbocycles. The molecule has 107 heavy (non-hydrogen) atoms. The van der Waals surface area contributed by atoms with Crippen molar-refractivity contribution in [2.75, 3.05) is 26.4 Å². The zero-order chi connectivity index (χ0) is 77.4. The van der Waals surface area contributed by atoms with Crippen LogP contribution in [0.2, 0.25) is 0 Å². The molecule has 3 fully saturated rings. The average molecular weight is 1510 g/mol. The first kappa shape index (κ1) is 96.9. The second-order valence-corrected chi connectivity index (χ2v) is 28.8. The monoisotopic (exact) mass is 1510 g/mol. The number of aliphatic hydroxyl groups is 11. The number of carbonyl (C=O) groups excluding carboxylic acids is 1. The normalized spacial score (nSPS) is 26.3. The lowest BCUT2D eigenvalue weighted by Gasteiger charge is -2.48. The van der Waals surface area contributed by atoms with Gasteiger partial charge >= 0.3 is 0 Å². The summed E-state index contributed by atoms with van der Waals surface area (Å²) < 4.78 is 34.4. The lowest BCUT2D eigenvalue weighted by atomic mass is 9.96. The van der Waals surface area contributed by atoms with E-state index in [9.17, 15) is 61.0 Å². The number of aliphatic hydroxyl groups excluding tert-OH is 11. The number of amides is 1. The molecule has 0 bridgehead atoms. The molecule has 1 amide bonds. The molecule has 3 saturated heterocycles. The lowest BCUT2D eigenvalue weighted by Crippen LogP contribution is -2.66. The summed E-state index contributed by atoms with van der Waals surface area (Å²) in [6.07, 6.45) is 69.7. The molecule has 3 aliphatic heterocycles. The molecule has 19 nitrogen and oxygen atoms in total. The van der Waals surface area contributed by atoms with Crippen molar-refractivity contribution in [2.24, 2.45) is 0 Å². The van der Waals surface area contributed by atoms with E-state index in [4.69, 9.17) is 28.4 Å². The lowest BCUT2D eigenvalue weighted by molar-refractivity contribution is -0.379. The van der Waals surface area contributed by atoms with Crippen molar-refractivity contribution in [1.29, 1.82) is 0 Å². The van der Waals surface area contributed by atoms with Gasteiger partial charge in [-0.25, -0.2) is 0 Å². The third kappa shape index (κ3) is 45.7. The van der Waals surface area contributed by atoms with E-state index in [1.54, 1.807) is 6.08 Å². The molecule has 0 aromatic heterocycles. The fraction of sp³-hybridized carbons (Fsp3) is 0.716. The van der Waals surface area contributed by atoms with Crippen LogP contribution in [0.3, 0.4) is 0 Å². The highest BCUT2D eigenvalue weighted by Crippen LogP contribution is 2.33. The minimum Gasteiger partial charge on any atom is -0.394 e. The van der Waals surface area contributed by atoms with Crippen LogP contribution in [0.25, 0.3) is 0 Å². The van der Waals surface area contributed by atoms with Crippen molar-refractivity contribution >= 4 is 5.91 Å². The molecule has 0 aliphatic carbocycles. The van der Waals surface area contributed by atoms with Crippen LogP contribution < -0.4 is 5.32 Å². The molecule has 0 aromatic rings. The van der Waals surface area contributed by atoms with Gasteiger partial charge in [0, 0.05) is 6.42 Å². The standard InChI is InChI=1S/C88H147NO18/c1-3-5-7-9-11-13-15-17-19-21-23-25-27-29-31-32-33-34-35-36-37-38-40-42-44-46-48-50-52-54-56-58-60-62-64-66-76(94)89-71(72(93)65-63-61-59-57-55-53-51-49-47-45-43-41-39-30-28-26-24-22-20-18-16-14-12-10-8-6-4-2)70-102-86-82(100)79(97)84(74(68-91)104-86)107-88-83(101)80(98)85(75(69-92)105-88)106-87-81(99)78(96)77(95)73(67-90)103-87/h5,7,11,13,17,19,23,25,29,31,33-34,36-37,40,42,46-49,55,57,63,65,71-75,77-88,90-93,95-101H,3-4,6,8-10,12,14-16,18,20-22,24,26-28,30,32,35,38-39,41,43-45,50-54,56,58-62,64,66-70H2,1-2H3,(H,89,94)/b7-5-,13-11-,19-17-,25-23-,31-29-,34-33-,37-36-,42-40-,48-46-,49-47+,57-55+,65-63+. The molecule has 19 heteroatoms. The van der Waals surface area contributed by atoms with Crippen LogP contribution in [-0.2, 0) is 33.2 Å². The summed E-state index contributed by atoms with van der Waals surface area (Å²) >= 11 is 0. The molecule has 17 unspecified atom stereocenters. The number of nitrogens with one attached hydrogen (secondary N) is 1. The average Bonchev–Trinajstić information content (AvgIpc) is 0.781. The molecular weight excluding hydrogens is 1360 g/mol. The number of hydrogen-bond donors (Lipinski definition) is 12. The highest BCUT2D eigenvalue weighted by molar-refractivity contribution is 5.76. The SMILES string of the molecule is CC/C=C\C/C=C\C/C=C\C/C=C\C/C=C\C/C=C\C/C=C\C/C=C\C/C=C\CCCCCCCCCC(=O)NC(COC1OC(CO)C(OC2OC(CO)C(OC3OC(CO)C(O)C(O)C3O)C(O)C2O)C(O)C1O)C(O)/C=C/CC/C=C/CC/C=C/CCCCCCCCCCCCCCCCCCC. The molecule has 3 rings (SSSR count). The number of hydrogen-bond acceptors (Lipinski definition) is 18. The predicted molar refractivity (Wildman–Crippen MR) is 429 cm³/mol. The van der Waals surface area contributed by atoms with E-state index in [-0.39, 0.29) is 18.9 Å². The molecule has 3 heterocycles.